The fourth-order valence-electron chi connectivity index (χ4n) is 5.27. The van der Waals surface area contributed by atoms with Crippen LogP contribution in [0.5, 0.6) is 0 Å². The van der Waals surface area contributed by atoms with Crippen molar-refractivity contribution in [1.82, 2.24) is 9.97 Å². The Balaban J connectivity index is 1.25. The van der Waals surface area contributed by atoms with E-state index in [9.17, 15) is 9.66 Å². The molecule has 3 aromatic rings. The maximum atomic E-state index is 12.7. The third-order valence-electron chi connectivity index (χ3n) is 7.80. The molecule has 194 valence electrons. The topological polar surface area (TPSA) is 93.6 Å². The molecule has 9 heteroatoms. The van der Waals surface area contributed by atoms with Crippen LogP contribution < -0.4 is 10.2 Å². The summed E-state index contributed by atoms with van der Waals surface area (Å²) in [6, 6.07) is 18.2. The molecule has 0 spiro atoms. The van der Waals surface area contributed by atoms with E-state index in [-0.39, 0.29) is 12.1 Å². The molecule has 1 saturated carbocycles. The molecule has 0 amide bonds. The number of benzene rings is 2. The van der Waals surface area contributed by atoms with Gasteiger partial charge in [-0.3, -0.25) is 0 Å². The molecule has 3 aliphatic rings. The molecule has 1 aromatic heterocycles. The number of hydrogen-bond acceptors (Lipinski definition) is 7. The Morgan fingerprint density at radius 2 is 1.76 bits per heavy atom. The Hall–Kier alpha value is -2.36. The van der Waals surface area contributed by atoms with Gasteiger partial charge in [0, 0.05) is 24.5 Å². The number of rotatable bonds is 8. The molecule has 7 nitrogen and oxygen atoms in total. The molecule has 2 N–H and O–H groups in total. The number of halogens is 1. The molecule has 1 atom stereocenters. The highest BCUT2D eigenvalue weighted by Crippen LogP contribution is 2.43. The van der Waals surface area contributed by atoms with E-state index < -0.39 is 16.8 Å². The summed E-state index contributed by atoms with van der Waals surface area (Å²) in [5, 5.41) is 14.0. The smallest absolute Gasteiger partial charge is 0.227 e. The van der Waals surface area contributed by atoms with E-state index in [4.69, 9.17) is 26.3 Å². The average Bonchev–Trinajstić information content (AvgIpc) is 3.61. The molecule has 2 aromatic carbocycles. The second-order valence-corrected chi connectivity index (χ2v) is 12.2. The Kier molecular flexibility index (Phi) is 6.79. The molecule has 1 saturated heterocycles. The Morgan fingerprint density at radius 1 is 1.03 bits per heavy atom. The third kappa shape index (κ3) is 5.05. The van der Waals surface area contributed by atoms with E-state index in [0.29, 0.717) is 40.5 Å². The average molecular weight is 539 g/mol. The normalized spacial score (nSPS) is 21.5. The van der Waals surface area contributed by atoms with Crippen LogP contribution in [-0.4, -0.2) is 50.6 Å². The standard InChI is InChI=1S/C28H31ClN4O3S/c29-22-8-6-21(7-9-22)28(36-18-20-4-2-1-3-5-20)13-15-33(16-14-28)26-30-23-10-17-37(35)24(23)25(31-26)32-27(19-34)11-12-27/h1-9,34H,10-19H2,(H,30,31,32). The quantitative estimate of drug-likeness (QED) is 0.409. The first kappa shape index (κ1) is 24.9. The lowest BCUT2D eigenvalue weighted by Crippen LogP contribution is -2.45. The van der Waals surface area contributed by atoms with E-state index in [2.05, 4.69) is 34.5 Å². The van der Waals surface area contributed by atoms with Gasteiger partial charge < -0.3 is 24.6 Å². The molecule has 2 aliphatic heterocycles. The van der Waals surface area contributed by atoms with Crippen molar-refractivity contribution in [3.05, 3.63) is 76.4 Å². The van der Waals surface area contributed by atoms with Crippen LogP contribution in [0.4, 0.5) is 11.8 Å². The predicted octanol–water partition coefficient (Wildman–Crippen LogP) is 4.44. The SMILES string of the molecule is [O-][S+]1CCc2nc(N3CCC(OCc4ccccc4)(c4ccc(Cl)cc4)CC3)nc(NC3(CO)CC3)c21. The van der Waals surface area contributed by atoms with Gasteiger partial charge in [-0.15, -0.1) is 0 Å². The summed E-state index contributed by atoms with van der Waals surface area (Å²) in [6.45, 7) is 2.02. The molecule has 0 bridgehead atoms. The summed E-state index contributed by atoms with van der Waals surface area (Å²) in [5.41, 5.74) is 2.34. The van der Waals surface area contributed by atoms with Crippen molar-refractivity contribution in [2.45, 2.75) is 54.7 Å². The van der Waals surface area contributed by atoms with E-state index in [1.807, 2.05) is 30.3 Å². The summed E-state index contributed by atoms with van der Waals surface area (Å²) in [5.74, 6) is 1.85. The zero-order valence-corrected chi connectivity index (χ0v) is 22.2. The first-order valence-electron chi connectivity index (χ1n) is 12.9. The lowest BCUT2D eigenvalue weighted by Gasteiger charge is -2.42. The van der Waals surface area contributed by atoms with Gasteiger partial charge in [-0.1, -0.05) is 54.1 Å². The number of anilines is 2. The van der Waals surface area contributed by atoms with Crippen LogP contribution >= 0.6 is 11.6 Å². The third-order valence-corrected chi connectivity index (χ3v) is 9.51. The van der Waals surface area contributed by atoms with E-state index in [1.54, 1.807) is 0 Å². The van der Waals surface area contributed by atoms with Crippen LogP contribution in [0.15, 0.2) is 59.5 Å². The monoisotopic (exact) mass is 538 g/mol. The lowest BCUT2D eigenvalue weighted by atomic mass is 9.84. The van der Waals surface area contributed by atoms with Crippen molar-refractivity contribution in [3.8, 4) is 0 Å². The van der Waals surface area contributed by atoms with Crippen LogP contribution in [0.25, 0.3) is 0 Å². The molecule has 2 fully saturated rings. The Labute approximate surface area is 225 Å². The van der Waals surface area contributed by atoms with Gasteiger partial charge in [-0.2, -0.15) is 4.98 Å². The number of aryl methyl sites for hydroxylation is 1. The number of hydrogen-bond donors (Lipinski definition) is 2. The highest BCUT2D eigenvalue weighted by molar-refractivity contribution is 7.91. The molecule has 0 radical (unpaired) electrons. The van der Waals surface area contributed by atoms with E-state index in [0.717, 1.165) is 55.6 Å². The number of ether oxygens (including phenoxy) is 1. The lowest BCUT2D eigenvalue weighted by molar-refractivity contribution is -0.0785. The van der Waals surface area contributed by atoms with Crippen LogP contribution in [-0.2, 0) is 34.5 Å². The van der Waals surface area contributed by atoms with Crippen LogP contribution in [0.2, 0.25) is 5.02 Å². The van der Waals surface area contributed by atoms with Gasteiger partial charge in [0.1, 0.15) is 11.4 Å². The van der Waals surface area contributed by atoms with Crippen LogP contribution in [0, 0.1) is 0 Å². The highest BCUT2D eigenvalue weighted by Gasteiger charge is 2.45. The van der Waals surface area contributed by atoms with Crippen molar-refractivity contribution in [2.75, 3.05) is 35.7 Å². The number of aromatic nitrogens is 2. The zero-order chi connectivity index (χ0) is 25.5. The zero-order valence-electron chi connectivity index (χ0n) is 20.7. The minimum atomic E-state index is -1.11. The van der Waals surface area contributed by atoms with Gasteiger partial charge in [0.2, 0.25) is 10.8 Å². The highest BCUT2D eigenvalue weighted by atomic mass is 35.5. The second-order valence-electron chi connectivity index (χ2n) is 10.3. The first-order chi connectivity index (χ1) is 18.0. The number of nitrogens with zero attached hydrogens (tertiary/aromatic N) is 3. The molecule has 6 rings (SSSR count). The van der Waals surface area contributed by atoms with Crippen molar-refractivity contribution in [1.29, 1.82) is 0 Å². The minimum absolute atomic E-state index is 0.0415. The molecule has 3 heterocycles. The van der Waals surface area contributed by atoms with Gasteiger partial charge >= 0.3 is 0 Å². The van der Waals surface area contributed by atoms with Gasteiger partial charge in [0.25, 0.3) is 0 Å². The number of piperidine rings is 1. The first-order valence-corrected chi connectivity index (χ1v) is 14.6. The van der Waals surface area contributed by atoms with Gasteiger partial charge in [-0.05, 0) is 60.1 Å². The fraction of sp³-hybridized carbons (Fsp3) is 0.429. The largest absolute Gasteiger partial charge is 0.611 e. The Morgan fingerprint density at radius 3 is 2.43 bits per heavy atom. The molecule has 37 heavy (non-hydrogen) atoms. The van der Waals surface area contributed by atoms with Crippen molar-refractivity contribution in [2.24, 2.45) is 0 Å². The maximum absolute atomic E-state index is 12.7. The molecule has 1 aliphatic carbocycles. The predicted molar refractivity (Wildman–Crippen MR) is 145 cm³/mol. The molecular weight excluding hydrogens is 508 g/mol. The van der Waals surface area contributed by atoms with Gasteiger partial charge in [0.15, 0.2) is 5.82 Å². The summed E-state index contributed by atoms with van der Waals surface area (Å²) >= 11 is 5.09. The van der Waals surface area contributed by atoms with Crippen molar-refractivity contribution >= 4 is 34.5 Å². The number of aliphatic hydroxyl groups excluding tert-OH is 1. The van der Waals surface area contributed by atoms with Gasteiger partial charge in [-0.25, -0.2) is 4.98 Å². The van der Waals surface area contributed by atoms with Crippen LogP contribution in [0.3, 0.4) is 0 Å². The molecular formula is C28H31ClN4O3S. The number of fused-ring (bicyclic) bond motifs is 1. The van der Waals surface area contributed by atoms with Gasteiger partial charge in [0.05, 0.1) is 24.4 Å². The maximum Gasteiger partial charge on any atom is 0.227 e. The summed E-state index contributed by atoms with van der Waals surface area (Å²) < 4.78 is 19.4. The van der Waals surface area contributed by atoms with E-state index in [1.165, 1.54) is 0 Å². The van der Waals surface area contributed by atoms with Crippen molar-refractivity contribution < 1.29 is 14.4 Å². The number of nitrogens with one attached hydrogen (secondary N) is 1. The molecule has 1 unspecified atom stereocenters. The second kappa shape index (κ2) is 10.1. The fourth-order valence-corrected chi connectivity index (χ4v) is 6.70. The summed E-state index contributed by atoms with van der Waals surface area (Å²) in [7, 11) is 0. The number of aliphatic hydroxyl groups is 1. The van der Waals surface area contributed by atoms with Crippen molar-refractivity contribution in [3.63, 3.8) is 0 Å². The van der Waals surface area contributed by atoms with Crippen LogP contribution in [0.1, 0.15) is 42.5 Å². The van der Waals surface area contributed by atoms with E-state index >= 15 is 0 Å². The summed E-state index contributed by atoms with van der Waals surface area (Å²) in [6.07, 6.45) is 4.00. The Bertz CT molecular complexity index is 1250. The summed E-state index contributed by atoms with van der Waals surface area (Å²) in [4.78, 5) is 12.6. The minimum Gasteiger partial charge on any atom is -0.611 e.